The van der Waals surface area contributed by atoms with Gasteiger partial charge in [0.1, 0.15) is 6.42 Å². The molecule has 2 aromatic carbocycles. The van der Waals surface area contributed by atoms with Crippen molar-refractivity contribution in [3.8, 4) is 0 Å². The highest BCUT2D eigenvalue weighted by Crippen LogP contribution is 2.41. The lowest BCUT2D eigenvalue weighted by Crippen LogP contribution is -2.43. The topological polar surface area (TPSA) is 58.2 Å². The van der Waals surface area contributed by atoms with Gasteiger partial charge in [-0.05, 0) is 51.3 Å². The summed E-state index contributed by atoms with van der Waals surface area (Å²) in [5.41, 5.74) is 3.36. The van der Waals surface area contributed by atoms with Gasteiger partial charge >= 0.3 is 12.4 Å². The van der Waals surface area contributed by atoms with Gasteiger partial charge in [-0.1, -0.05) is 53.0 Å². The van der Waals surface area contributed by atoms with Gasteiger partial charge in [0.25, 0.3) is 5.91 Å². The fraction of sp³-hybridized carbons (Fsp3) is 0.200. The second-order valence-corrected chi connectivity index (χ2v) is 8.76. The van der Waals surface area contributed by atoms with Gasteiger partial charge in [-0.2, -0.15) is 26.3 Å². The van der Waals surface area contributed by atoms with Gasteiger partial charge in [0, 0.05) is 4.47 Å². The van der Waals surface area contributed by atoms with E-state index in [1.54, 1.807) is 5.43 Å². The van der Waals surface area contributed by atoms with E-state index in [2.05, 4.69) is 15.9 Å². The molecular weight excluding hydrogens is 600 g/mol. The van der Waals surface area contributed by atoms with E-state index in [1.165, 1.54) is 18.2 Å². The monoisotopic (exact) mass is 610 g/mol. The Kier molecular flexibility index (Phi) is 9.31. The van der Waals surface area contributed by atoms with E-state index in [0.29, 0.717) is 0 Å². The summed E-state index contributed by atoms with van der Waals surface area (Å²) in [4.78, 5) is 23.2. The van der Waals surface area contributed by atoms with Crippen LogP contribution in [0.25, 0.3) is 6.08 Å². The molecule has 2 rings (SSSR count). The Morgan fingerprint density at radius 2 is 1.56 bits per heavy atom. The molecule has 14 heteroatoms. The van der Waals surface area contributed by atoms with Crippen LogP contribution in [0, 0.1) is 0 Å². The number of rotatable bonds is 5. The highest BCUT2D eigenvalue weighted by molar-refractivity contribution is 9.10. The molecule has 184 valence electrons. The number of benzene rings is 2. The zero-order valence-electron chi connectivity index (χ0n) is 16.4. The molecule has 2 aromatic rings. The molecule has 1 unspecified atom stereocenters. The fourth-order valence-electron chi connectivity index (χ4n) is 2.61. The summed E-state index contributed by atoms with van der Waals surface area (Å²) in [7, 11) is 0. The highest BCUT2D eigenvalue weighted by Gasteiger charge is 2.39. The number of hydrogen-bond acceptors (Lipinski definition) is 2. The maximum absolute atomic E-state index is 13.6. The molecule has 0 aromatic heterocycles. The Balaban J connectivity index is 2.20. The van der Waals surface area contributed by atoms with Crippen molar-refractivity contribution in [3.05, 3.63) is 72.6 Å². The van der Waals surface area contributed by atoms with E-state index >= 15 is 0 Å². The smallest absolute Gasteiger partial charge is 0.273 e. The number of carbonyl (C=O) groups is 2. The molecule has 0 saturated heterocycles. The fourth-order valence-corrected chi connectivity index (χ4v) is 3.80. The molecular formula is C20H12BrCl3F6N2O2. The van der Waals surface area contributed by atoms with E-state index in [0.717, 1.165) is 24.3 Å². The molecule has 1 atom stereocenters. The molecule has 0 aliphatic heterocycles. The number of carbonyl (C=O) groups excluding carboxylic acids is 2. The second-order valence-electron chi connectivity index (χ2n) is 6.71. The summed E-state index contributed by atoms with van der Waals surface area (Å²) in [6.07, 6.45) is -9.23. The highest BCUT2D eigenvalue weighted by atomic mass is 79.9. The van der Waals surface area contributed by atoms with E-state index in [-0.39, 0.29) is 36.2 Å². The Morgan fingerprint density at radius 3 is 2.06 bits per heavy atom. The molecule has 34 heavy (non-hydrogen) atoms. The first-order valence-corrected chi connectivity index (χ1v) is 10.9. The number of nitrogens with one attached hydrogen (secondary N) is 2. The van der Waals surface area contributed by atoms with Crippen LogP contribution in [0.1, 0.15) is 33.8 Å². The number of halogens is 10. The van der Waals surface area contributed by atoms with Gasteiger partial charge in [0.2, 0.25) is 5.91 Å². The van der Waals surface area contributed by atoms with Crippen LogP contribution in [-0.2, 0) is 4.79 Å². The first-order chi connectivity index (χ1) is 15.6. The third kappa shape index (κ3) is 8.07. The summed E-state index contributed by atoms with van der Waals surface area (Å²) in [6.45, 7) is 0. The first-order valence-electron chi connectivity index (χ1n) is 8.93. The minimum atomic E-state index is -4.75. The van der Waals surface area contributed by atoms with Crippen molar-refractivity contribution < 1.29 is 35.9 Å². The maximum atomic E-state index is 13.6. The molecule has 4 nitrogen and oxygen atoms in total. The molecule has 2 amide bonds. The van der Waals surface area contributed by atoms with E-state index in [9.17, 15) is 35.9 Å². The standard InChI is InChI=1S/C20H12BrCl3F6N2O2/c21-13-5-9(1-3-11(13)18(34)32-31-16(33)8-19(25,26)27)2-4-12(20(28,29)30)10-6-14(22)17(24)15(23)7-10/h1-7,12H,8H2,(H,31,33)(H,32,34). The van der Waals surface area contributed by atoms with Crippen LogP contribution in [0.15, 0.2) is 40.9 Å². The molecule has 0 heterocycles. The van der Waals surface area contributed by atoms with Gasteiger partial charge in [0.15, 0.2) is 0 Å². The Bertz CT molecular complexity index is 1100. The van der Waals surface area contributed by atoms with Crippen LogP contribution in [0.3, 0.4) is 0 Å². The molecule has 0 saturated carbocycles. The molecule has 0 fully saturated rings. The van der Waals surface area contributed by atoms with Gasteiger partial charge in [-0.3, -0.25) is 20.4 Å². The van der Waals surface area contributed by atoms with Crippen LogP contribution < -0.4 is 10.9 Å². The minimum absolute atomic E-state index is 0.0793. The normalized spacial score (nSPS) is 13.1. The lowest BCUT2D eigenvalue weighted by molar-refractivity contribution is -0.154. The van der Waals surface area contributed by atoms with Crippen molar-refractivity contribution in [1.29, 1.82) is 0 Å². The zero-order chi connectivity index (χ0) is 25.8. The van der Waals surface area contributed by atoms with Gasteiger partial charge in [-0.25, -0.2) is 0 Å². The van der Waals surface area contributed by atoms with Crippen molar-refractivity contribution in [2.24, 2.45) is 0 Å². The predicted molar refractivity (Wildman–Crippen MR) is 120 cm³/mol. The quantitative estimate of drug-likeness (QED) is 0.209. The van der Waals surface area contributed by atoms with Crippen molar-refractivity contribution >= 4 is 68.6 Å². The van der Waals surface area contributed by atoms with E-state index in [1.807, 2.05) is 5.43 Å². The summed E-state index contributed by atoms with van der Waals surface area (Å²) in [5, 5.41) is -0.371. The number of hydrogen-bond donors (Lipinski definition) is 2. The Labute approximate surface area is 212 Å². The predicted octanol–water partition coefficient (Wildman–Crippen LogP) is 7.48. The average Bonchev–Trinajstić information content (AvgIpc) is 2.68. The zero-order valence-corrected chi connectivity index (χ0v) is 20.3. The molecule has 0 radical (unpaired) electrons. The Hall–Kier alpha value is -1.95. The van der Waals surface area contributed by atoms with Crippen molar-refractivity contribution in [2.45, 2.75) is 24.7 Å². The van der Waals surface area contributed by atoms with Crippen LogP contribution in [0.2, 0.25) is 15.1 Å². The van der Waals surface area contributed by atoms with Gasteiger partial charge < -0.3 is 0 Å². The number of hydrazine groups is 1. The molecule has 0 bridgehead atoms. The summed E-state index contributed by atoms with van der Waals surface area (Å²) < 4.78 is 77.5. The van der Waals surface area contributed by atoms with Crippen molar-refractivity contribution in [3.63, 3.8) is 0 Å². The number of allylic oxidation sites excluding steroid dienone is 1. The van der Waals surface area contributed by atoms with Crippen LogP contribution in [0.4, 0.5) is 26.3 Å². The van der Waals surface area contributed by atoms with E-state index in [4.69, 9.17) is 34.8 Å². The SMILES string of the molecule is O=C(CC(F)(F)F)NNC(=O)c1ccc(C=CC(c2cc(Cl)c(Cl)c(Cl)c2)C(F)(F)F)cc1Br. The minimum Gasteiger partial charge on any atom is -0.273 e. The summed E-state index contributed by atoms with van der Waals surface area (Å²) in [6, 6.07) is 5.90. The number of alkyl halides is 6. The molecule has 0 spiro atoms. The van der Waals surface area contributed by atoms with Crippen LogP contribution >= 0.6 is 50.7 Å². The van der Waals surface area contributed by atoms with Crippen LogP contribution in [0.5, 0.6) is 0 Å². The molecule has 0 aliphatic rings. The van der Waals surface area contributed by atoms with Crippen LogP contribution in [-0.4, -0.2) is 24.2 Å². The molecule has 0 aliphatic carbocycles. The summed E-state index contributed by atoms with van der Waals surface area (Å²) in [5.74, 6) is -4.50. The second kappa shape index (κ2) is 11.2. The van der Waals surface area contributed by atoms with Gasteiger partial charge in [-0.15, -0.1) is 0 Å². The molecule has 2 N–H and O–H groups in total. The third-order valence-electron chi connectivity index (χ3n) is 4.11. The Morgan fingerprint density at radius 1 is 0.971 bits per heavy atom. The summed E-state index contributed by atoms with van der Waals surface area (Å²) >= 11 is 20.5. The van der Waals surface area contributed by atoms with Crippen molar-refractivity contribution in [1.82, 2.24) is 10.9 Å². The maximum Gasteiger partial charge on any atom is 0.399 e. The van der Waals surface area contributed by atoms with Gasteiger partial charge in [0.05, 0.1) is 26.5 Å². The third-order valence-corrected chi connectivity index (χ3v) is 5.97. The number of amides is 2. The van der Waals surface area contributed by atoms with E-state index < -0.39 is 36.5 Å². The lowest BCUT2D eigenvalue weighted by Gasteiger charge is -2.18. The largest absolute Gasteiger partial charge is 0.399 e. The lowest BCUT2D eigenvalue weighted by atomic mass is 9.97. The first kappa shape index (κ1) is 28.3. The van der Waals surface area contributed by atoms with Crippen molar-refractivity contribution in [2.75, 3.05) is 0 Å². The average molecular weight is 613 g/mol.